The zero-order chi connectivity index (χ0) is 15.5. The normalized spacial score (nSPS) is 11.8. The average Bonchev–Trinajstić information content (AvgIpc) is 2.88. The summed E-state index contributed by atoms with van der Waals surface area (Å²) in [6.45, 7) is 0. The Morgan fingerprint density at radius 3 is 2.59 bits per heavy atom. The lowest BCUT2D eigenvalue weighted by molar-refractivity contribution is 0.405. The highest BCUT2D eigenvalue weighted by atomic mass is 32.1. The van der Waals surface area contributed by atoms with Gasteiger partial charge in [-0.25, -0.2) is 9.97 Å². The van der Waals surface area contributed by atoms with Gasteiger partial charge < -0.3 is 15.9 Å². The van der Waals surface area contributed by atoms with Gasteiger partial charge in [0.05, 0.1) is 10.2 Å². The van der Waals surface area contributed by atoms with E-state index in [1.807, 2.05) is 30.4 Å². The number of benzene rings is 1. The van der Waals surface area contributed by atoms with E-state index >= 15 is 0 Å². The molecule has 4 N–H and O–H groups in total. The number of phenolic OH excluding ortho intramolecular Hbond substituents is 2. The lowest BCUT2D eigenvalue weighted by atomic mass is 10.2. The Bertz CT molecular complexity index is 828. The molecular weight excluding hydrogens is 298 g/mol. The molecule has 0 aliphatic heterocycles. The van der Waals surface area contributed by atoms with Gasteiger partial charge in [-0.2, -0.15) is 0 Å². The van der Waals surface area contributed by atoms with E-state index in [1.54, 1.807) is 12.3 Å². The number of hydrogen-bond acceptors (Lipinski definition) is 6. The van der Waals surface area contributed by atoms with Crippen molar-refractivity contribution in [3.05, 3.63) is 53.2 Å². The smallest absolute Gasteiger partial charge is 0.159 e. The van der Waals surface area contributed by atoms with E-state index in [2.05, 4.69) is 9.97 Å². The van der Waals surface area contributed by atoms with Gasteiger partial charge in [0, 0.05) is 18.3 Å². The molecule has 5 nitrogen and oxygen atoms in total. The maximum atomic E-state index is 9.47. The Labute approximate surface area is 130 Å². The van der Waals surface area contributed by atoms with Gasteiger partial charge in [0.15, 0.2) is 11.5 Å². The van der Waals surface area contributed by atoms with Crippen molar-refractivity contribution in [2.75, 3.05) is 5.73 Å². The molecule has 3 rings (SSSR count). The predicted molar refractivity (Wildman–Crippen MR) is 89.7 cm³/mol. The second-order valence-electron chi connectivity index (χ2n) is 4.60. The standard InChI is InChI=1S/C16H13N3O2S/c17-15-6-5-10(9-18-15)3-1-2-4-16-19-11-7-12(20)13(21)8-14(11)22-16/h1-9,20-21H,(H2,17,18)/b3-1+,4-2+. The van der Waals surface area contributed by atoms with Crippen LogP contribution in [0.3, 0.4) is 0 Å². The van der Waals surface area contributed by atoms with Gasteiger partial charge in [0.2, 0.25) is 0 Å². The highest BCUT2D eigenvalue weighted by molar-refractivity contribution is 7.19. The molecule has 1 aromatic carbocycles. The molecule has 0 saturated heterocycles. The molecule has 0 aliphatic rings. The first-order valence-electron chi connectivity index (χ1n) is 6.50. The second kappa shape index (κ2) is 5.87. The number of nitrogens with two attached hydrogens (primary N) is 1. The molecule has 0 radical (unpaired) electrons. The lowest BCUT2D eigenvalue weighted by Crippen LogP contribution is -1.87. The van der Waals surface area contributed by atoms with Crippen LogP contribution in [0.1, 0.15) is 10.6 Å². The molecule has 22 heavy (non-hydrogen) atoms. The minimum absolute atomic E-state index is 0.137. The van der Waals surface area contributed by atoms with Gasteiger partial charge in [-0.1, -0.05) is 18.2 Å². The molecule has 2 aromatic heterocycles. The fourth-order valence-electron chi connectivity index (χ4n) is 1.86. The van der Waals surface area contributed by atoms with Gasteiger partial charge >= 0.3 is 0 Å². The van der Waals surface area contributed by atoms with Gasteiger partial charge in [0.25, 0.3) is 0 Å². The van der Waals surface area contributed by atoms with Gasteiger partial charge in [-0.3, -0.25) is 0 Å². The summed E-state index contributed by atoms with van der Waals surface area (Å²) in [5.74, 6) is 0.195. The number of aromatic hydroxyl groups is 2. The second-order valence-corrected chi connectivity index (χ2v) is 5.66. The first-order chi connectivity index (χ1) is 10.6. The molecule has 6 heteroatoms. The minimum Gasteiger partial charge on any atom is -0.504 e. The maximum absolute atomic E-state index is 9.47. The van der Waals surface area contributed by atoms with Gasteiger partial charge in [-0.05, 0) is 23.8 Å². The SMILES string of the molecule is Nc1ccc(/C=C/C=C/c2nc3cc(O)c(O)cc3s2)cn1. The van der Waals surface area contributed by atoms with Crippen LogP contribution in [0.5, 0.6) is 11.5 Å². The fraction of sp³-hybridized carbons (Fsp3) is 0. The van der Waals surface area contributed by atoms with Crippen LogP contribution in [0.4, 0.5) is 5.82 Å². The van der Waals surface area contributed by atoms with Gasteiger partial charge in [-0.15, -0.1) is 11.3 Å². The van der Waals surface area contributed by atoms with Crippen molar-refractivity contribution in [3.63, 3.8) is 0 Å². The summed E-state index contributed by atoms with van der Waals surface area (Å²) in [4.78, 5) is 8.37. The highest BCUT2D eigenvalue weighted by Gasteiger charge is 2.06. The Morgan fingerprint density at radius 1 is 1.05 bits per heavy atom. The van der Waals surface area contributed by atoms with E-state index in [1.165, 1.54) is 23.5 Å². The number of pyridine rings is 1. The molecular formula is C16H13N3O2S. The fourth-order valence-corrected chi connectivity index (χ4v) is 2.76. The molecule has 0 atom stereocenters. The van der Waals surface area contributed by atoms with Crippen molar-refractivity contribution < 1.29 is 10.2 Å². The summed E-state index contributed by atoms with van der Waals surface area (Å²) in [7, 11) is 0. The number of nitrogen functional groups attached to an aromatic ring is 1. The zero-order valence-electron chi connectivity index (χ0n) is 11.5. The number of fused-ring (bicyclic) bond motifs is 1. The van der Waals surface area contributed by atoms with Gasteiger partial charge in [0.1, 0.15) is 10.8 Å². The first kappa shape index (κ1) is 14.1. The molecule has 0 spiro atoms. The molecule has 0 unspecified atom stereocenters. The third-order valence-corrected chi connectivity index (χ3v) is 3.93. The van der Waals surface area contributed by atoms with Crippen LogP contribution in [-0.4, -0.2) is 20.2 Å². The van der Waals surface area contributed by atoms with E-state index in [-0.39, 0.29) is 11.5 Å². The summed E-state index contributed by atoms with van der Waals surface area (Å²) >= 11 is 1.44. The molecule has 2 heterocycles. The third-order valence-electron chi connectivity index (χ3n) is 2.95. The molecule has 0 aliphatic carbocycles. The Morgan fingerprint density at radius 2 is 1.82 bits per heavy atom. The quantitative estimate of drug-likeness (QED) is 0.509. The van der Waals surface area contributed by atoms with Crippen molar-refractivity contribution in [3.8, 4) is 11.5 Å². The monoisotopic (exact) mass is 311 g/mol. The topological polar surface area (TPSA) is 92.3 Å². The number of thiazole rings is 1. The van der Waals surface area contributed by atoms with E-state index in [0.29, 0.717) is 11.3 Å². The van der Waals surface area contributed by atoms with Crippen LogP contribution >= 0.6 is 11.3 Å². The Kier molecular flexibility index (Phi) is 3.76. The summed E-state index contributed by atoms with van der Waals surface area (Å²) in [6, 6.07) is 6.59. The predicted octanol–water partition coefficient (Wildman–Crippen LogP) is 3.41. The molecule has 3 aromatic rings. The first-order valence-corrected chi connectivity index (χ1v) is 7.32. The Hall–Kier alpha value is -2.86. The average molecular weight is 311 g/mol. The summed E-state index contributed by atoms with van der Waals surface area (Å²) in [5, 5.41) is 19.7. The van der Waals surface area contributed by atoms with E-state index in [9.17, 15) is 10.2 Å². The number of rotatable bonds is 3. The van der Waals surface area contributed by atoms with Crippen LogP contribution in [0, 0.1) is 0 Å². The van der Waals surface area contributed by atoms with Crippen molar-refractivity contribution in [1.82, 2.24) is 9.97 Å². The number of nitrogens with zero attached hydrogens (tertiary/aromatic N) is 2. The third kappa shape index (κ3) is 3.07. The molecule has 110 valence electrons. The highest BCUT2D eigenvalue weighted by Crippen LogP contribution is 2.33. The summed E-state index contributed by atoms with van der Waals surface area (Å²) in [6.07, 6.45) is 9.22. The van der Waals surface area contributed by atoms with Crippen LogP contribution in [0.15, 0.2) is 42.6 Å². The minimum atomic E-state index is -0.163. The molecule has 0 saturated carbocycles. The van der Waals surface area contributed by atoms with E-state index in [0.717, 1.165) is 15.3 Å². The Balaban J connectivity index is 1.76. The van der Waals surface area contributed by atoms with Crippen LogP contribution in [0.2, 0.25) is 0 Å². The number of phenols is 2. The lowest BCUT2D eigenvalue weighted by Gasteiger charge is -1.94. The zero-order valence-corrected chi connectivity index (χ0v) is 12.3. The van der Waals surface area contributed by atoms with E-state index in [4.69, 9.17) is 5.73 Å². The summed E-state index contributed by atoms with van der Waals surface area (Å²) < 4.78 is 0.821. The largest absolute Gasteiger partial charge is 0.504 e. The molecule has 0 amide bonds. The van der Waals surface area contributed by atoms with Crippen LogP contribution in [0.25, 0.3) is 22.4 Å². The molecule has 0 bridgehead atoms. The number of aromatic nitrogens is 2. The van der Waals surface area contributed by atoms with Crippen molar-refractivity contribution in [1.29, 1.82) is 0 Å². The summed E-state index contributed by atoms with van der Waals surface area (Å²) in [5.41, 5.74) is 7.14. The molecule has 0 fully saturated rings. The van der Waals surface area contributed by atoms with Crippen LogP contribution in [-0.2, 0) is 0 Å². The number of allylic oxidation sites excluding steroid dienone is 2. The van der Waals surface area contributed by atoms with Crippen molar-refractivity contribution in [2.24, 2.45) is 0 Å². The van der Waals surface area contributed by atoms with Crippen molar-refractivity contribution >= 4 is 39.5 Å². The maximum Gasteiger partial charge on any atom is 0.159 e. The van der Waals surface area contributed by atoms with E-state index < -0.39 is 0 Å². The van der Waals surface area contributed by atoms with Crippen LogP contribution < -0.4 is 5.73 Å². The number of hydrogen-bond donors (Lipinski definition) is 3. The van der Waals surface area contributed by atoms with Crippen molar-refractivity contribution in [2.45, 2.75) is 0 Å². The number of anilines is 1.